The molecule has 0 radical (unpaired) electrons. The molecule has 0 bridgehead atoms. The summed E-state index contributed by atoms with van der Waals surface area (Å²) in [5.41, 5.74) is 2.91. The van der Waals surface area contributed by atoms with Crippen molar-refractivity contribution in [2.24, 2.45) is 0 Å². The van der Waals surface area contributed by atoms with E-state index < -0.39 is 0 Å². The van der Waals surface area contributed by atoms with Crippen molar-refractivity contribution in [3.8, 4) is 17.0 Å². The minimum Gasteiger partial charge on any atom is -0.497 e. The Hall–Kier alpha value is -2.92. The largest absolute Gasteiger partial charge is 0.497 e. The summed E-state index contributed by atoms with van der Waals surface area (Å²) >= 11 is 0. The van der Waals surface area contributed by atoms with Gasteiger partial charge in [0, 0.05) is 17.6 Å². The van der Waals surface area contributed by atoms with Gasteiger partial charge >= 0.3 is 5.97 Å². The summed E-state index contributed by atoms with van der Waals surface area (Å²) < 4.78 is 16.3. The van der Waals surface area contributed by atoms with Crippen LogP contribution < -0.4 is 4.74 Å². The van der Waals surface area contributed by atoms with Crippen molar-refractivity contribution in [3.05, 3.63) is 60.2 Å². The van der Waals surface area contributed by atoms with Gasteiger partial charge in [-0.2, -0.15) is 0 Å². The first-order chi connectivity index (χ1) is 13.2. The van der Waals surface area contributed by atoms with Gasteiger partial charge in [0.1, 0.15) is 12.4 Å². The standard InChI is InChI=1S/C22H21NO4/c1-25-16-10-8-15(9-11-16)21-13-19(18-6-2-3-7-20(18)23-21)22(24)27-14-17-5-4-12-26-17/h2-3,6-11,13,17H,4-5,12,14H2,1H3/t17-/m1/s1. The molecule has 0 amide bonds. The van der Waals surface area contributed by atoms with E-state index in [9.17, 15) is 4.79 Å². The minimum absolute atomic E-state index is 0.00288. The predicted octanol–water partition coefficient (Wildman–Crippen LogP) is 4.25. The first kappa shape index (κ1) is 17.5. The maximum Gasteiger partial charge on any atom is 0.338 e. The second kappa shape index (κ2) is 7.76. The van der Waals surface area contributed by atoms with Gasteiger partial charge in [-0.1, -0.05) is 18.2 Å². The molecule has 1 aliphatic rings. The average molecular weight is 363 g/mol. The lowest BCUT2D eigenvalue weighted by molar-refractivity contribution is 0.0163. The van der Waals surface area contributed by atoms with E-state index in [0.717, 1.165) is 47.4 Å². The van der Waals surface area contributed by atoms with Gasteiger partial charge in [-0.3, -0.25) is 0 Å². The maximum absolute atomic E-state index is 12.8. The van der Waals surface area contributed by atoms with E-state index >= 15 is 0 Å². The Morgan fingerprint density at radius 3 is 2.74 bits per heavy atom. The Balaban J connectivity index is 1.68. The third kappa shape index (κ3) is 3.78. The highest BCUT2D eigenvalue weighted by Crippen LogP contribution is 2.27. The van der Waals surface area contributed by atoms with Gasteiger partial charge < -0.3 is 14.2 Å². The second-order valence-electron chi connectivity index (χ2n) is 6.53. The van der Waals surface area contributed by atoms with Crippen molar-refractivity contribution in [2.75, 3.05) is 20.3 Å². The third-order valence-corrected chi connectivity index (χ3v) is 4.75. The summed E-state index contributed by atoms with van der Waals surface area (Å²) in [6.45, 7) is 1.02. The second-order valence-corrected chi connectivity index (χ2v) is 6.53. The molecule has 1 aliphatic heterocycles. The Kier molecular flexibility index (Phi) is 5.03. The number of esters is 1. The average Bonchev–Trinajstić information content (AvgIpc) is 3.25. The van der Waals surface area contributed by atoms with E-state index in [1.807, 2.05) is 48.5 Å². The van der Waals surface area contributed by atoms with Gasteiger partial charge in [0.05, 0.1) is 30.0 Å². The van der Waals surface area contributed by atoms with Crippen LogP contribution in [0.25, 0.3) is 22.2 Å². The molecule has 5 nitrogen and oxygen atoms in total. The van der Waals surface area contributed by atoms with Gasteiger partial charge in [-0.15, -0.1) is 0 Å². The summed E-state index contributed by atoms with van der Waals surface area (Å²) in [4.78, 5) is 17.5. The number of benzene rings is 2. The molecule has 27 heavy (non-hydrogen) atoms. The quantitative estimate of drug-likeness (QED) is 0.635. The van der Waals surface area contributed by atoms with Crippen molar-refractivity contribution in [1.82, 2.24) is 4.98 Å². The van der Waals surface area contributed by atoms with Gasteiger partial charge in [0.2, 0.25) is 0 Å². The number of hydrogen-bond acceptors (Lipinski definition) is 5. The van der Waals surface area contributed by atoms with Crippen molar-refractivity contribution < 1.29 is 19.0 Å². The van der Waals surface area contributed by atoms with E-state index in [0.29, 0.717) is 5.56 Å². The van der Waals surface area contributed by atoms with E-state index in [-0.39, 0.29) is 18.7 Å². The van der Waals surface area contributed by atoms with E-state index in [4.69, 9.17) is 19.2 Å². The summed E-state index contributed by atoms with van der Waals surface area (Å²) in [6, 6.07) is 17.0. The number of pyridine rings is 1. The van der Waals surface area contributed by atoms with Crippen LogP contribution in [0.1, 0.15) is 23.2 Å². The number of ether oxygens (including phenoxy) is 3. The summed E-state index contributed by atoms with van der Waals surface area (Å²) in [5.74, 6) is 0.426. The van der Waals surface area contributed by atoms with Crippen LogP contribution in [-0.4, -0.2) is 37.4 Å². The zero-order chi connectivity index (χ0) is 18.6. The number of para-hydroxylation sites is 1. The fourth-order valence-corrected chi connectivity index (χ4v) is 3.28. The van der Waals surface area contributed by atoms with Gasteiger partial charge in [0.15, 0.2) is 0 Å². The minimum atomic E-state index is -0.348. The number of rotatable bonds is 5. The summed E-state index contributed by atoms with van der Waals surface area (Å²) in [5, 5.41) is 0.784. The lowest BCUT2D eigenvalue weighted by Gasteiger charge is -2.13. The van der Waals surface area contributed by atoms with Crippen molar-refractivity contribution in [1.29, 1.82) is 0 Å². The number of fused-ring (bicyclic) bond motifs is 1. The lowest BCUT2D eigenvalue weighted by atomic mass is 10.0. The number of methoxy groups -OCH3 is 1. The first-order valence-corrected chi connectivity index (χ1v) is 9.07. The Bertz CT molecular complexity index is 946. The van der Waals surface area contributed by atoms with E-state index in [1.165, 1.54) is 0 Å². The molecular weight excluding hydrogens is 342 g/mol. The van der Waals surface area contributed by atoms with Gasteiger partial charge in [-0.05, 0) is 49.2 Å². The normalized spacial score (nSPS) is 16.4. The molecule has 1 fully saturated rings. The highest BCUT2D eigenvalue weighted by molar-refractivity contribution is 6.04. The molecule has 0 saturated carbocycles. The van der Waals surface area contributed by atoms with Crippen LogP contribution in [0.15, 0.2) is 54.6 Å². The van der Waals surface area contributed by atoms with Crippen LogP contribution in [0.5, 0.6) is 5.75 Å². The fraction of sp³-hybridized carbons (Fsp3) is 0.273. The molecule has 5 heteroatoms. The molecule has 1 aromatic heterocycles. The summed E-state index contributed by atoms with van der Waals surface area (Å²) in [6.07, 6.45) is 1.95. The molecule has 0 unspecified atom stereocenters. The molecule has 0 spiro atoms. The lowest BCUT2D eigenvalue weighted by Crippen LogP contribution is -2.18. The van der Waals surface area contributed by atoms with Crippen molar-refractivity contribution in [2.45, 2.75) is 18.9 Å². The third-order valence-electron chi connectivity index (χ3n) is 4.75. The van der Waals surface area contributed by atoms with E-state index in [1.54, 1.807) is 13.2 Å². The number of hydrogen-bond donors (Lipinski definition) is 0. The number of carbonyl (C=O) groups is 1. The van der Waals surface area contributed by atoms with Crippen LogP contribution in [0, 0.1) is 0 Å². The molecular formula is C22H21NO4. The topological polar surface area (TPSA) is 57.7 Å². The SMILES string of the molecule is COc1ccc(-c2cc(C(=O)OC[C@H]3CCCO3)c3ccccc3n2)cc1. The zero-order valence-corrected chi connectivity index (χ0v) is 15.2. The highest BCUT2D eigenvalue weighted by atomic mass is 16.6. The smallest absolute Gasteiger partial charge is 0.338 e. The molecule has 0 N–H and O–H groups in total. The van der Waals surface area contributed by atoms with Gasteiger partial charge in [0.25, 0.3) is 0 Å². The Morgan fingerprint density at radius 2 is 2.00 bits per heavy atom. The fourth-order valence-electron chi connectivity index (χ4n) is 3.28. The van der Waals surface area contributed by atoms with Crippen molar-refractivity contribution >= 4 is 16.9 Å². The van der Waals surface area contributed by atoms with Crippen LogP contribution in [-0.2, 0) is 9.47 Å². The molecule has 138 valence electrons. The molecule has 2 heterocycles. The molecule has 3 aromatic rings. The predicted molar refractivity (Wildman–Crippen MR) is 103 cm³/mol. The summed E-state index contributed by atoms with van der Waals surface area (Å²) in [7, 11) is 1.63. The zero-order valence-electron chi connectivity index (χ0n) is 15.2. The maximum atomic E-state index is 12.8. The molecule has 2 aromatic carbocycles. The van der Waals surface area contributed by atoms with Crippen LogP contribution in [0.2, 0.25) is 0 Å². The number of nitrogens with zero attached hydrogens (tertiary/aromatic N) is 1. The number of carbonyl (C=O) groups excluding carboxylic acids is 1. The molecule has 1 saturated heterocycles. The van der Waals surface area contributed by atoms with Crippen LogP contribution in [0.3, 0.4) is 0 Å². The van der Waals surface area contributed by atoms with Crippen LogP contribution in [0.4, 0.5) is 0 Å². The molecule has 1 atom stereocenters. The molecule has 0 aliphatic carbocycles. The Morgan fingerprint density at radius 1 is 1.19 bits per heavy atom. The highest BCUT2D eigenvalue weighted by Gasteiger charge is 2.20. The first-order valence-electron chi connectivity index (χ1n) is 9.07. The van der Waals surface area contributed by atoms with Crippen LogP contribution >= 0.6 is 0 Å². The van der Waals surface area contributed by atoms with E-state index in [2.05, 4.69) is 0 Å². The number of aromatic nitrogens is 1. The van der Waals surface area contributed by atoms with Crippen molar-refractivity contribution in [3.63, 3.8) is 0 Å². The van der Waals surface area contributed by atoms with Gasteiger partial charge in [-0.25, -0.2) is 9.78 Å². The monoisotopic (exact) mass is 363 g/mol. The molecule has 4 rings (SSSR count). The Labute approximate surface area is 157 Å².